The van der Waals surface area contributed by atoms with Crippen LogP contribution in [0, 0.1) is 0 Å². The minimum Gasteiger partial charge on any atom is -0.361 e. The number of hydrogen-bond acceptors (Lipinski definition) is 1. The maximum atomic E-state index is 7.80. The maximum absolute atomic E-state index is 7.80. The van der Waals surface area contributed by atoms with Gasteiger partial charge in [0.1, 0.15) is 0 Å². The Kier molecular flexibility index (Phi) is 2.47. The van der Waals surface area contributed by atoms with Gasteiger partial charge < -0.3 is 10.3 Å². The van der Waals surface area contributed by atoms with Gasteiger partial charge in [0, 0.05) is 18.5 Å². The number of fused-ring (bicyclic) bond motifs is 1. The van der Waals surface area contributed by atoms with Crippen molar-refractivity contribution in [2.45, 2.75) is 13.3 Å². The summed E-state index contributed by atoms with van der Waals surface area (Å²) in [6, 6.07) is 8.21. The molecule has 0 spiro atoms. The number of H-pyrrole nitrogens is 1. The summed E-state index contributed by atoms with van der Waals surface area (Å²) >= 11 is 0. The summed E-state index contributed by atoms with van der Waals surface area (Å²) in [7, 11) is 0. The van der Waals surface area contributed by atoms with Crippen molar-refractivity contribution in [1.82, 2.24) is 10.3 Å². The van der Waals surface area contributed by atoms with Crippen LogP contribution >= 0.6 is 0 Å². The molecule has 1 aromatic carbocycles. The van der Waals surface area contributed by atoms with Crippen LogP contribution in [-0.2, 0) is 6.42 Å². The fourth-order valence-electron chi connectivity index (χ4n) is 1.63. The van der Waals surface area contributed by atoms with Gasteiger partial charge in [-0.3, -0.25) is 0 Å². The van der Waals surface area contributed by atoms with Crippen LogP contribution in [0.15, 0.2) is 30.5 Å². The second-order valence-electron chi connectivity index (χ2n) is 3.33. The van der Waals surface area contributed by atoms with Gasteiger partial charge in [0.2, 0.25) is 0 Å². The Labute approximate surface area is 85.7 Å². The van der Waals surface area contributed by atoms with Crippen molar-refractivity contribution in [1.29, 1.82) is 0 Å². The zero-order valence-corrected chi connectivity index (χ0v) is 8.38. The predicted molar refractivity (Wildman–Crippen MR) is 60.5 cm³/mol. The number of aryl methyl sites for hydroxylation is 1. The van der Waals surface area contributed by atoms with Crippen LogP contribution in [0.4, 0.5) is 0 Å². The Hall–Kier alpha value is -1.28. The van der Waals surface area contributed by atoms with Gasteiger partial charge in [0.15, 0.2) is 0 Å². The molecule has 1 aromatic heterocycles. The normalized spacial score (nSPS) is 14.2. The highest BCUT2D eigenvalue weighted by Gasteiger charge is 2.00. The molecule has 1 heterocycles. The monoisotopic (exact) mass is 189 g/mol. The SMILES string of the molecule is [2H]C(Cc1c[nH]c2ccccc12)NCC. The van der Waals surface area contributed by atoms with Gasteiger partial charge in [-0.2, -0.15) is 0 Å². The van der Waals surface area contributed by atoms with Gasteiger partial charge in [-0.05, 0) is 31.1 Å². The highest BCUT2D eigenvalue weighted by Crippen LogP contribution is 2.17. The number of benzene rings is 1. The van der Waals surface area contributed by atoms with Crippen LogP contribution in [0.3, 0.4) is 0 Å². The van der Waals surface area contributed by atoms with E-state index in [0.29, 0.717) is 0 Å². The second-order valence-corrected chi connectivity index (χ2v) is 3.33. The summed E-state index contributed by atoms with van der Waals surface area (Å²) in [6.07, 6.45) is 2.75. The number of rotatable bonds is 4. The first kappa shape index (κ1) is 8.06. The van der Waals surface area contributed by atoms with Crippen LogP contribution in [0.2, 0.25) is 0 Å². The molecule has 2 N–H and O–H groups in total. The van der Waals surface area contributed by atoms with E-state index < -0.39 is 0 Å². The van der Waals surface area contributed by atoms with Gasteiger partial charge in [-0.1, -0.05) is 25.1 Å². The van der Waals surface area contributed by atoms with Crippen LogP contribution in [0.5, 0.6) is 0 Å². The quantitative estimate of drug-likeness (QED) is 0.759. The van der Waals surface area contributed by atoms with E-state index in [4.69, 9.17) is 1.37 Å². The first-order valence-corrected chi connectivity index (χ1v) is 5.02. The molecule has 2 heteroatoms. The van der Waals surface area contributed by atoms with Crippen LogP contribution in [0.1, 0.15) is 13.9 Å². The summed E-state index contributed by atoms with van der Waals surface area (Å²) in [5, 5.41) is 4.33. The number of hydrogen-bond donors (Lipinski definition) is 2. The van der Waals surface area contributed by atoms with Crippen molar-refractivity contribution in [2.24, 2.45) is 0 Å². The Morgan fingerprint density at radius 2 is 2.29 bits per heavy atom. The molecule has 0 aliphatic heterocycles. The Morgan fingerprint density at radius 1 is 1.43 bits per heavy atom. The highest BCUT2D eigenvalue weighted by molar-refractivity contribution is 5.83. The predicted octanol–water partition coefficient (Wildman–Crippen LogP) is 2.32. The van der Waals surface area contributed by atoms with E-state index >= 15 is 0 Å². The molecule has 0 bridgehead atoms. The zero-order valence-electron chi connectivity index (χ0n) is 9.38. The summed E-state index contributed by atoms with van der Waals surface area (Å²) in [6.45, 7) is 2.65. The van der Waals surface area contributed by atoms with E-state index in [-0.39, 0.29) is 6.52 Å². The lowest BCUT2D eigenvalue weighted by atomic mass is 10.1. The summed E-state index contributed by atoms with van der Waals surface area (Å²) in [5.74, 6) is 0. The van der Waals surface area contributed by atoms with E-state index in [1.54, 1.807) is 0 Å². The van der Waals surface area contributed by atoms with Crippen LogP contribution in [-0.4, -0.2) is 18.0 Å². The molecule has 0 radical (unpaired) electrons. The number of nitrogens with one attached hydrogen (secondary N) is 2. The molecular formula is C12H16N2. The van der Waals surface area contributed by atoms with Crippen LogP contribution < -0.4 is 5.32 Å². The van der Waals surface area contributed by atoms with Crippen molar-refractivity contribution >= 4 is 10.9 Å². The lowest BCUT2D eigenvalue weighted by molar-refractivity contribution is 0.718. The maximum Gasteiger partial charge on any atom is 0.0456 e. The minimum absolute atomic E-state index is 0.214. The van der Waals surface area contributed by atoms with Crippen molar-refractivity contribution in [3.8, 4) is 0 Å². The molecule has 1 unspecified atom stereocenters. The van der Waals surface area contributed by atoms with E-state index in [2.05, 4.69) is 22.4 Å². The minimum atomic E-state index is -0.214. The highest BCUT2D eigenvalue weighted by atomic mass is 14.8. The molecule has 0 saturated carbocycles. The molecule has 1 atom stereocenters. The van der Waals surface area contributed by atoms with Gasteiger partial charge in [-0.25, -0.2) is 0 Å². The van der Waals surface area contributed by atoms with Crippen molar-refractivity contribution in [3.05, 3.63) is 36.0 Å². The molecule has 0 saturated heterocycles. The Morgan fingerprint density at radius 3 is 3.14 bits per heavy atom. The molecule has 2 aromatic rings. The smallest absolute Gasteiger partial charge is 0.0456 e. The molecule has 2 rings (SSSR count). The van der Waals surface area contributed by atoms with Crippen molar-refractivity contribution < 1.29 is 1.37 Å². The molecule has 0 aliphatic carbocycles. The fraction of sp³-hybridized carbons (Fsp3) is 0.333. The molecule has 14 heavy (non-hydrogen) atoms. The summed E-state index contributed by atoms with van der Waals surface area (Å²) < 4.78 is 7.80. The second kappa shape index (κ2) is 4.29. The lowest BCUT2D eigenvalue weighted by Gasteiger charge is -1.99. The van der Waals surface area contributed by atoms with E-state index in [0.717, 1.165) is 18.5 Å². The number of likely N-dealkylation sites (N-methyl/N-ethyl adjacent to an activating group) is 1. The lowest BCUT2D eigenvalue weighted by Crippen LogP contribution is -2.15. The average Bonchev–Trinajstić information content (AvgIpc) is 2.62. The van der Waals surface area contributed by atoms with Crippen molar-refractivity contribution in [3.63, 3.8) is 0 Å². The number of para-hydroxylation sites is 1. The molecule has 0 amide bonds. The topological polar surface area (TPSA) is 27.8 Å². The van der Waals surface area contributed by atoms with Gasteiger partial charge in [0.25, 0.3) is 0 Å². The van der Waals surface area contributed by atoms with Gasteiger partial charge >= 0.3 is 0 Å². The third kappa shape index (κ3) is 1.80. The van der Waals surface area contributed by atoms with Crippen molar-refractivity contribution in [2.75, 3.05) is 13.1 Å². The number of aromatic nitrogens is 1. The van der Waals surface area contributed by atoms with Gasteiger partial charge in [-0.15, -0.1) is 0 Å². The Balaban J connectivity index is 2.21. The number of aromatic amines is 1. The molecule has 0 aliphatic rings. The van der Waals surface area contributed by atoms with Crippen LogP contribution in [0.25, 0.3) is 10.9 Å². The van der Waals surface area contributed by atoms with E-state index in [9.17, 15) is 0 Å². The zero-order chi connectivity index (χ0) is 10.7. The fourth-order valence-corrected chi connectivity index (χ4v) is 1.63. The molecule has 2 nitrogen and oxygen atoms in total. The van der Waals surface area contributed by atoms with E-state index in [1.807, 2.05) is 25.3 Å². The first-order chi connectivity index (χ1) is 7.31. The molecule has 0 fully saturated rings. The van der Waals surface area contributed by atoms with E-state index in [1.165, 1.54) is 10.9 Å². The average molecular weight is 189 g/mol. The van der Waals surface area contributed by atoms with Gasteiger partial charge in [0.05, 0.1) is 0 Å². The molecular weight excluding hydrogens is 172 g/mol. The summed E-state index contributed by atoms with van der Waals surface area (Å²) in [5.41, 5.74) is 2.36. The largest absolute Gasteiger partial charge is 0.361 e. The standard InChI is InChI=1S/C12H16N2/c1-2-13-8-7-10-9-14-12-6-4-3-5-11(10)12/h3-6,9,13-14H,2,7-8H2,1H3/i8D. The third-order valence-corrected chi connectivity index (χ3v) is 2.35. The molecule has 74 valence electrons. The first-order valence-electron chi connectivity index (χ1n) is 5.59. The third-order valence-electron chi connectivity index (χ3n) is 2.35. The Bertz CT molecular complexity index is 436. The summed E-state index contributed by atoms with van der Waals surface area (Å²) in [4.78, 5) is 3.22.